The second-order valence-corrected chi connectivity index (χ2v) is 2.72. The Balaban J connectivity index is 2.68. The minimum Gasteiger partial charge on any atom is -0.468 e. The van der Waals surface area contributed by atoms with Gasteiger partial charge in [-0.3, -0.25) is 9.59 Å². The molecule has 11 heavy (non-hydrogen) atoms. The molecule has 0 radical (unpaired) electrons. The summed E-state index contributed by atoms with van der Waals surface area (Å²) in [6, 6.07) is 0. The lowest BCUT2D eigenvalue weighted by molar-refractivity contribution is -0.149. The van der Waals surface area contributed by atoms with Gasteiger partial charge in [0.15, 0.2) is 0 Å². The second kappa shape index (κ2) is 2.90. The Labute approximate surface area is 64.9 Å². The molecule has 1 aliphatic rings. The third-order valence-corrected chi connectivity index (χ3v) is 1.90. The molecule has 1 unspecified atom stereocenters. The lowest BCUT2D eigenvalue weighted by atomic mass is 9.98. The number of ether oxygens (including phenoxy) is 1. The molecule has 0 aromatic rings. The quantitative estimate of drug-likeness (QED) is 0.414. The predicted molar refractivity (Wildman–Crippen MR) is 37.7 cm³/mol. The summed E-state index contributed by atoms with van der Waals surface area (Å²) < 4.78 is 4.48. The molecule has 0 saturated carbocycles. The van der Waals surface area contributed by atoms with E-state index in [0.717, 1.165) is 0 Å². The fraction of sp³-hybridized carbons (Fsp3) is 0.714. The number of hydrogen-bond donors (Lipinski definition) is 1. The zero-order valence-corrected chi connectivity index (χ0v) is 6.59. The SMILES string of the molecule is COC(=O)[C@H]1C(=O)NCC1C. The molecule has 4 nitrogen and oxygen atoms in total. The molecule has 1 rings (SSSR count). The van der Waals surface area contributed by atoms with Crippen LogP contribution in [0.3, 0.4) is 0 Å². The zero-order chi connectivity index (χ0) is 8.43. The van der Waals surface area contributed by atoms with Crippen LogP contribution in [0.5, 0.6) is 0 Å². The minimum atomic E-state index is -0.597. The highest BCUT2D eigenvalue weighted by Crippen LogP contribution is 2.17. The normalized spacial score (nSPS) is 29.8. The molecule has 2 atom stereocenters. The van der Waals surface area contributed by atoms with Crippen LogP contribution in [-0.2, 0) is 14.3 Å². The van der Waals surface area contributed by atoms with Crippen molar-refractivity contribution in [1.82, 2.24) is 5.32 Å². The van der Waals surface area contributed by atoms with Crippen LogP contribution in [0.25, 0.3) is 0 Å². The highest BCUT2D eigenvalue weighted by molar-refractivity contribution is 5.99. The van der Waals surface area contributed by atoms with E-state index in [1.165, 1.54) is 7.11 Å². The fourth-order valence-corrected chi connectivity index (χ4v) is 1.21. The van der Waals surface area contributed by atoms with Gasteiger partial charge in [0.1, 0.15) is 5.92 Å². The van der Waals surface area contributed by atoms with Crippen LogP contribution < -0.4 is 5.32 Å². The number of esters is 1. The number of methoxy groups -OCH3 is 1. The molecule has 0 aromatic heterocycles. The first-order valence-electron chi connectivity index (χ1n) is 3.52. The van der Waals surface area contributed by atoms with E-state index < -0.39 is 11.9 Å². The van der Waals surface area contributed by atoms with E-state index >= 15 is 0 Å². The monoisotopic (exact) mass is 157 g/mol. The topological polar surface area (TPSA) is 55.4 Å². The van der Waals surface area contributed by atoms with Crippen LogP contribution in [-0.4, -0.2) is 25.5 Å². The van der Waals surface area contributed by atoms with Crippen LogP contribution >= 0.6 is 0 Å². The summed E-state index contributed by atoms with van der Waals surface area (Å²) in [5.74, 6) is -1.20. The van der Waals surface area contributed by atoms with Gasteiger partial charge in [-0.2, -0.15) is 0 Å². The molecule has 1 fully saturated rings. The van der Waals surface area contributed by atoms with Crippen LogP contribution in [0, 0.1) is 11.8 Å². The van der Waals surface area contributed by atoms with Crippen molar-refractivity contribution in [3.8, 4) is 0 Å². The first-order chi connectivity index (χ1) is 5.16. The van der Waals surface area contributed by atoms with Gasteiger partial charge in [0.25, 0.3) is 0 Å². The van der Waals surface area contributed by atoms with Crippen LogP contribution in [0.1, 0.15) is 6.92 Å². The summed E-state index contributed by atoms with van der Waals surface area (Å²) in [5, 5.41) is 2.59. The Bertz CT molecular complexity index is 190. The number of carbonyl (C=O) groups excluding carboxylic acids is 2. The fourth-order valence-electron chi connectivity index (χ4n) is 1.21. The Morgan fingerprint density at radius 2 is 2.36 bits per heavy atom. The Morgan fingerprint density at radius 3 is 2.73 bits per heavy atom. The number of amides is 1. The van der Waals surface area contributed by atoms with Gasteiger partial charge >= 0.3 is 5.97 Å². The number of hydrogen-bond acceptors (Lipinski definition) is 3. The molecular formula is C7H11NO3. The predicted octanol–water partition coefficient (Wildman–Crippen LogP) is -0.459. The summed E-state index contributed by atoms with van der Waals surface area (Å²) >= 11 is 0. The molecule has 1 N–H and O–H groups in total. The number of nitrogens with one attached hydrogen (secondary N) is 1. The summed E-state index contributed by atoms with van der Waals surface area (Å²) in [4.78, 5) is 21.9. The molecule has 0 bridgehead atoms. The van der Waals surface area contributed by atoms with Gasteiger partial charge < -0.3 is 10.1 Å². The highest BCUT2D eigenvalue weighted by atomic mass is 16.5. The zero-order valence-electron chi connectivity index (χ0n) is 6.59. The van der Waals surface area contributed by atoms with Crippen LogP contribution in [0.15, 0.2) is 0 Å². The average Bonchev–Trinajstić information content (AvgIpc) is 2.30. The van der Waals surface area contributed by atoms with E-state index in [2.05, 4.69) is 10.1 Å². The van der Waals surface area contributed by atoms with Crippen LogP contribution in [0.2, 0.25) is 0 Å². The second-order valence-electron chi connectivity index (χ2n) is 2.72. The molecule has 62 valence electrons. The molecule has 1 heterocycles. The van der Waals surface area contributed by atoms with Crippen molar-refractivity contribution in [2.24, 2.45) is 11.8 Å². The highest BCUT2D eigenvalue weighted by Gasteiger charge is 2.38. The standard InChI is InChI=1S/C7H11NO3/c1-4-3-8-6(9)5(4)7(10)11-2/h4-5H,3H2,1-2H3,(H,8,9)/t4?,5-/m1/s1. The third kappa shape index (κ3) is 1.34. The Morgan fingerprint density at radius 1 is 1.73 bits per heavy atom. The van der Waals surface area contributed by atoms with Gasteiger partial charge in [0.05, 0.1) is 7.11 Å². The van der Waals surface area contributed by atoms with E-state index in [1.54, 1.807) is 0 Å². The Hall–Kier alpha value is -1.06. The summed E-state index contributed by atoms with van der Waals surface area (Å²) in [6.07, 6.45) is 0. The van der Waals surface area contributed by atoms with Gasteiger partial charge in [-0.1, -0.05) is 6.92 Å². The first-order valence-corrected chi connectivity index (χ1v) is 3.52. The molecular weight excluding hydrogens is 146 g/mol. The largest absolute Gasteiger partial charge is 0.468 e. The van der Waals surface area contributed by atoms with Gasteiger partial charge in [-0.25, -0.2) is 0 Å². The van der Waals surface area contributed by atoms with Crippen molar-refractivity contribution in [3.05, 3.63) is 0 Å². The number of rotatable bonds is 1. The van der Waals surface area contributed by atoms with Gasteiger partial charge in [-0.15, -0.1) is 0 Å². The lowest BCUT2D eigenvalue weighted by Gasteiger charge is -2.07. The van der Waals surface area contributed by atoms with Crippen LogP contribution in [0.4, 0.5) is 0 Å². The van der Waals surface area contributed by atoms with Crippen molar-refractivity contribution in [3.63, 3.8) is 0 Å². The molecule has 0 aliphatic carbocycles. The Kier molecular flexibility index (Phi) is 2.12. The van der Waals surface area contributed by atoms with E-state index in [0.29, 0.717) is 6.54 Å². The molecule has 4 heteroatoms. The first kappa shape index (κ1) is 8.04. The maximum absolute atomic E-state index is 11.0. The summed E-state index contributed by atoms with van der Waals surface area (Å²) in [7, 11) is 1.29. The smallest absolute Gasteiger partial charge is 0.318 e. The third-order valence-electron chi connectivity index (χ3n) is 1.90. The van der Waals surface area contributed by atoms with Gasteiger partial charge in [-0.05, 0) is 5.92 Å². The van der Waals surface area contributed by atoms with E-state index in [-0.39, 0.29) is 11.8 Å². The molecule has 0 spiro atoms. The van der Waals surface area contributed by atoms with Crippen molar-refractivity contribution in [1.29, 1.82) is 0 Å². The number of carbonyl (C=O) groups is 2. The van der Waals surface area contributed by atoms with Crippen molar-refractivity contribution >= 4 is 11.9 Å². The average molecular weight is 157 g/mol. The van der Waals surface area contributed by atoms with Crippen molar-refractivity contribution < 1.29 is 14.3 Å². The van der Waals surface area contributed by atoms with Crippen molar-refractivity contribution in [2.75, 3.05) is 13.7 Å². The molecule has 0 aromatic carbocycles. The van der Waals surface area contributed by atoms with Gasteiger partial charge in [0, 0.05) is 6.54 Å². The van der Waals surface area contributed by atoms with E-state index in [4.69, 9.17) is 0 Å². The van der Waals surface area contributed by atoms with Crippen molar-refractivity contribution in [2.45, 2.75) is 6.92 Å². The van der Waals surface area contributed by atoms with Gasteiger partial charge in [0.2, 0.25) is 5.91 Å². The maximum Gasteiger partial charge on any atom is 0.318 e. The summed E-state index contributed by atoms with van der Waals surface area (Å²) in [6.45, 7) is 2.41. The minimum absolute atomic E-state index is 0.0509. The lowest BCUT2D eigenvalue weighted by Crippen LogP contribution is -2.27. The maximum atomic E-state index is 11.0. The van der Waals surface area contributed by atoms with E-state index in [9.17, 15) is 9.59 Å². The summed E-state index contributed by atoms with van der Waals surface area (Å²) in [5.41, 5.74) is 0. The molecule has 1 saturated heterocycles. The molecule has 1 aliphatic heterocycles. The molecule has 1 amide bonds. The van der Waals surface area contributed by atoms with E-state index in [1.807, 2.05) is 6.92 Å².